The summed E-state index contributed by atoms with van der Waals surface area (Å²) in [5, 5.41) is 4.69. The van der Waals surface area contributed by atoms with Gasteiger partial charge in [-0.1, -0.05) is 26.0 Å². The lowest BCUT2D eigenvalue weighted by Gasteiger charge is -2.44. The molecule has 5 rings (SSSR count). The second-order valence-electron chi connectivity index (χ2n) is 10.1. The van der Waals surface area contributed by atoms with Gasteiger partial charge in [-0.2, -0.15) is 8.42 Å². The number of fused-ring (bicyclic) bond motifs is 6. The lowest BCUT2D eigenvalue weighted by Crippen LogP contribution is -2.61. The number of nitrogens with zero attached hydrogens (tertiary/aromatic N) is 2. The summed E-state index contributed by atoms with van der Waals surface area (Å²) in [6.07, 6.45) is 6.73. The highest BCUT2D eigenvalue weighted by molar-refractivity contribution is 7.91. The average molecular weight is 541 g/mol. The van der Waals surface area contributed by atoms with Crippen LogP contribution in [0, 0.1) is 29.6 Å². The minimum atomic E-state index is -4.25. The largest absolute Gasteiger partial charge is 0.337 e. The van der Waals surface area contributed by atoms with Crippen molar-refractivity contribution in [3.8, 4) is 0 Å². The second-order valence-corrected chi connectivity index (χ2v) is 14.4. The number of ketones is 1. The number of Topliss-reactive ketones (excluding diaryl/α,β-unsaturated/α-hetero) is 1. The highest BCUT2D eigenvalue weighted by Crippen LogP contribution is 2.50. The number of amidine groups is 1. The van der Waals surface area contributed by atoms with Gasteiger partial charge < -0.3 is 10.2 Å². The molecule has 1 saturated carbocycles. The summed E-state index contributed by atoms with van der Waals surface area (Å²) >= 11 is 1.07. The van der Waals surface area contributed by atoms with Crippen molar-refractivity contribution in [1.82, 2.24) is 9.62 Å². The van der Waals surface area contributed by atoms with E-state index >= 15 is 0 Å². The molecule has 3 heterocycles. The molecular formula is C22H28N4O6S3. The zero-order valence-electron chi connectivity index (χ0n) is 19.6. The molecule has 10 nitrogen and oxygen atoms in total. The molecule has 2 aliphatic heterocycles. The van der Waals surface area contributed by atoms with E-state index in [1.165, 1.54) is 5.38 Å². The van der Waals surface area contributed by atoms with Gasteiger partial charge in [0.05, 0.1) is 6.26 Å². The van der Waals surface area contributed by atoms with Crippen LogP contribution in [0.15, 0.2) is 26.8 Å². The van der Waals surface area contributed by atoms with Crippen molar-refractivity contribution in [3.63, 3.8) is 0 Å². The van der Waals surface area contributed by atoms with Crippen LogP contribution in [0.1, 0.15) is 32.3 Å². The van der Waals surface area contributed by atoms with Crippen LogP contribution in [-0.2, 0) is 36.2 Å². The van der Waals surface area contributed by atoms with E-state index in [1.54, 1.807) is 4.90 Å². The minimum absolute atomic E-state index is 0.0430. The molecule has 5 unspecified atom stereocenters. The van der Waals surface area contributed by atoms with Gasteiger partial charge in [-0.3, -0.25) is 9.59 Å². The van der Waals surface area contributed by atoms with Crippen LogP contribution < -0.4 is 10.0 Å². The molecule has 0 aromatic carbocycles. The zero-order chi connectivity index (χ0) is 25.3. The fraction of sp³-hybridized carbons (Fsp3) is 0.591. The lowest BCUT2D eigenvalue weighted by molar-refractivity contribution is -0.151. The summed E-state index contributed by atoms with van der Waals surface area (Å²) in [5.74, 6) is -1.98. The quantitative estimate of drug-likeness (QED) is 0.395. The fourth-order valence-corrected chi connectivity index (χ4v) is 8.72. The molecule has 13 heteroatoms. The van der Waals surface area contributed by atoms with Crippen LogP contribution in [0.25, 0.3) is 0 Å². The third kappa shape index (κ3) is 4.25. The maximum atomic E-state index is 13.7. The van der Waals surface area contributed by atoms with E-state index < -0.39 is 31.9 Å². The first kappa shape index (κ1) is 24.6. The Kier molecular flexibility index (Phi) is 5.97. The normalized spacial score (nSPS) is 30.9. The van der Waals surface area contributed by atoms with Crippen molar-refractivity contribution < 1.29 is 26.4 Å². The molecule has 0 radical (unpaired) electrons. The highest BCUT2D eigenvalue weighted by atomic mass is 32.2. The number of carbonyl (C=O) groups excluding carboxylic acids is 2. The van der Waals surface area contributed by atoms with Crippen molar-refractivity contribution >= 4 is 53.9 Å². The monoisotopic (exact) mass is 540 g/mol. The molecular weight excluding hydrogens is 512 g/mol. The molecule has 2 aliphatic carbocycles. The molecule has 1 amide bonds. The molecule has 2 bridgehead atoms. The first-order chi connectivity index (χ1) is 16.4. The van der Waals surface area contributed by atoms with E-state index in [0.717, 1.165) is 30.4 Å². The van der Waals surface area contributed by atoms with E-state index in [1.807, 2.05) is 6.08 Å². The Hall–Kier alpha value is -2.09. The van der Waals surface area contributed by atoms with Gasteiger partial charge >= 0.3 is 0 Å². The number of likely N-dealkylation sites (tertiary alicyclic amines) is 1. The van der Waals surface area contributed by atoms with Gasteiger partial charge in [-0.15, -0.1) is 15.7 Å². The van der Waals surface area contributed by atoms with Crippen LogP contribution in [0.3, 0.4) is 0 Å². The number of hydrogen-bond acceptors (Lipinski definition) is 8. The summed E-state index contributed by atoms with van der Waals surface area (Å²) in [5.41, 5.74) is 0.254. The van der Waals surface area contributed by atoms with Crippen molar-refractivity contribution in [2.75, 3.05) is 18.1 Å². The van der Waals surface area contributed by atoms with Gasteiger partial charge in [-0.05, 0) is 36.0 Å². The van der Waals surface area contributed by atoms with Crippen LogP contribution in [0.5, 0.6) is 0 Å². The van der Waals surface area contributed by atoms with E-state index in [0.29, 0.717) is 12.5 Å². The van der Waals surface area contributed by atoms with E-state index in [-0.39, 0.29) is 57.4 Å². The number of amides is 1. The molecule has 1 aromatic rings. The minimum Gasteiger partial charge on any atom is -0.337 e. The number of hydrogen-bond donors (Lipinski definition) is 2. The molecule has 1 aromatic heterocycles. The van der Waals surface area contributed by atoms with Crippen molar-refractivity contribution in [1.29, 1.82) is 0 Å². The third-order valence-electron chi connectivity index (χ3n) is 7.20. The first-order valence-electron chi connectivity index (χ1n) is 11.6. The number of thiophene rings is 1. The number of piperidine rings is 1. The number of anilines is 1. The fourth-order valence-electron chi connectivity index (χ4n) is 5.66. The Balaban J connectivity index is 1.49. The van der Waals surface area contributed by atoms with Crippen LogP contribution in [0.4, 0.5) is 5.00 Å². The van der Waals surface area contributed by atoms with Crippen LogP contribution in [0.2, 0.25) is 0 Å². The standard InChI is InChI=1S/C22H28N4O6S3/c1-11(2)6-7-26-17-13-5-4-12(8-13)15(17)18(27)16(22(26)28)20-24-21-19(35(31,32)25-20)14(10-33-21)9-23-34(3,29)30/h4-5,10-13,15-17,23H,6-9H2,1-3H3,(H,24,25). The van der Waals surface area contributed by atoms with Gasteiger partial charge in [0.2, 0.25) is 15.9 Å². The van der Waals surface area contributed by atoms with E-state index in [4.69, 9.17) is 0 Å². The van der Waals surface area contributed by atoms with Crippen molar-refractivity contribution in [2.24, 2.45) is 34.0 Å². The van der Waals surface area contributed by atoms with E-state index in [9.17, 15) is 26.4 Å². The van der Waals surface area contributed by atoms with Crippen molar-refractivity contribution in [3.05, 3.63) is 23.1 Å². The summed E-state index contributed by atoms with van der Waals surface area (Å²) < 4.78 is 55.4. The number of allylic oxidation sites excluding steroid dienone is 1. The molecule has 4 aliphatic rings. The maximum Gasteiger partial charge on any atom is 0.287 e. The Morgan fingerprint density at radius 2 is 1.97 bits per heavy atom. The first-order valence-corrected chi connectivity index (χ1v) is 15.8. The van der Waals surface area contributed by atoms with Crippen LogP contribution in [-0.4, -0.2) is 58.1 Å². The summed E-state index contributed by atoms with van der Waals surface area (Å²) in [4.78, 5) is 29.0. The van der Waals surface area contributed by atoms with Gasteiger partial charge in [0.15, 0.2) is 11.7 Å². The number of carbonyl (C=O) groups is 2. The molecule has 0 spiro atoms. The van der Waals surface area contributed by atoms with Crippen molar-refractivity contribution in [2.45, 2.75) is 44.2 Å². The summed E-state index contributed by atoms with van der Waals surface area (Å²) in [6.45, 7) is 4.44. The van der Waals surface area contributed by atoms with Gasteiger partial charge in [0.25, 0.3) is 10.0 Å². The maximum absolute atomic E-state index is 13.7. The highest BCUT2D eigenvalue weighted by Gasteiger charge is 2.59. The number of nitrogens with one attached hydrogen (secondary N) is 2. The molecule has 2 N–H and O–H groups in total. The Bertz CT molecular complexity index is 1360. The Morgan fingerprint density at radius 1 is 1.26 bits per heavy atom. The van der Waals surface area contributed by atoms with Crippen LogP contribution >= 0.6 is 11.3 Å². The molecule has 35 heavy (non-hydrogen) atoms. The zero-order valence-corrected chi connectivity index (χ0v) is 22.0. The summed E-state index contributed by atoms with van der Waals surface area (Å²) in [7, 11) is -7.79. The third-order valence-corrected chi connectivity index (χ3v) is 10.4. The average Bonchev–Trinajstić information content (AvgIpc) is 3.46. The molecule has 5 atom stereocenters. The number of rotatable bonds is 7. The Labute approximate surface area is 209 Å². The Morgan fingerprint density at radius 3 is 2.66 bits per heavy atom. The van der Waals surface area contributed by atoms with Gasteiger partial charge in [-0.25, -0.2) is 13.1 Å². The van der Waals surface area contributed by atoms with E-state index in [2.05, 4.69) is 34.4 Å². The van der Waals surface area contributed by atoms with Gasteiger partial charge in [0.1, 0.15) is 15.7 Å². The molecule has 190 valence electrons. The predicted molar refractivity (Wildman–Crippen MR) is 132 cm³/mol. The molecule has 1 saturated heterocycles. The topological polar surface area (TPSA) is 142 Å². The smallest absolute Gasteiger partial charge is 0.287 e. The predicted octanol–water partition coefficient (Wildman–Crippen LogP) is 1.57. The number of sulfonamides is 2. The summed E-state index contributed by atoms with van der Waals surface area (Å²) in [6, 6.07) is -0.188. The SMILES string of the molecule is CC(C)CCN1C(=O)C(C2=NS(=O)(=O)c3c(CNS(C)(=O)=O)csc3N2)C(=O)C2C3C=CC(C3)C21. The van der Waals surface area contributed by atoms with Gasteiger partial charge in [0, 0.05) is 30.6 Å². The lowest BCUT2D eigenvalue weighted by atomic mass is 9.75. The second kappa shape index (κ2) is 8.49. The molecule has 2 fully saturated rings.